The van der Waals surface area contributed by atoms with E-state index in [2.05, 4.69) is 77.8 Å². The number of hydrogen-bond donors (Lipinski definition) is 1. The fourth-order valence-electron chi connectivity index (χ4n) is 4.49. The van der Waals surface area contributed by atoms with Crippen LogP contribution < -0.4 is 10.2 Å². The number of fused-ring (bicyclic) bond motifs is 1. The number of carbonyl (C=O) groups excluding carboxylic acids is 1. The van der Waals surface area contributed by atoms with E-state index in [0.717, 1.165) is 42.6 Å². The molecule has 2 amide bonds. The second kappa shape index (κ2) is 9.90. The molecule has 4 nitrogen and oxygen atoms in total. The Morgan fingerprint density at radius 3 is 2.31 bits per heavy atom. The van der Waals surface area contributed by atoms with E-state index in [4.69, 9.17) is 0 Å². The minimum Gasteiger partial charge on any atom is -0.378 e. The molecule has 3 aromatic rings. The molecule has 0 bridgehead atoms. The van der Waals surface area contributed by atoms with Crippen molar-refractivity contribution in [2.75, 3.05) is 24.3 Å². The highest BCUT2D eigenvalue weighted by Gasteiger charge is 2.29. The molecule has 0 aliphatic heterocycles. The van der Waals surface area contributed by atoms with Crippen LogP contribution in [0.5, 0.6) is 0 Å². The summed E-state index contributed by atoms with van der Waals surface area (Å²) in [7, 11) is 4.08. The van der Waals surface area contributed by atoms with Crippen LogP contribution >= 0.6 is 0 Å². The highest BCUT2D eigenvalue weighted by Crippen LogP contribution is 2.35. The van der Waals surface area contributed by atoms with Crippen molar-refractivity contribution < 1.29 is 4.79 Å². The van der Waals surface area contributed by atoms with Crippen LogP contribution in [0, 0.1) is 0 Å². The van der Waals surface area contributed by atoms with Crippen molar-refractivity contribution in [2.45, 2.75) is 45.2 Å². The third kappa shape index (κ3) is 4.96. The zero-order valence-electron chi connectivity index (χ0n) is 19.3. The first-order valence-corrected chi connectivity index (χ1v) is 11.6. The van der Waals surface area contributed by atoms with Gasteiger partial charge in [0.2, 0.25) is 0 Å². The van der Waals surface area contributed by atoms with Crippen molar-refractivity contribution in [1.82, 2.24) is 4.90 Å². The number of carbonyl (C=O) groups is 1. The summed E-state index contributed by atoms with van der Waals surface area (Å²) >= 11 is 0. The summed E-state index contributed by atoms with van der Waals surface area (Å²) in [5.41, 5.74) is 7.03. The van der Waals surface area contributed by atoms with Crippen LogP contribution in [-0.4, -0.2) is 25.0 Å². The fourth-order valence-corrected chi connectivity index (χ4v) is 4.49. The van der Waals surface area contributed by atoms with Crippen LogP contribution in [0.3, 0.4) is 0 Å². The topological polar surface area (TPSA) is 35.6 Å². The lowest BCUT2D eigenvalue weighted by Crippen LogP contribution is -2.39. The standard InChI is InChI=1S/C28H33N3O/c1-4-21-12-16-24(17-13-21)29-28(32)31(20-22-14-18-25(19-15-22)30(2)3)27-11-7-9-23-8-5-6-10-26(23)27/h5-6,8,10,12-19,27H,4,7,9,11,20H2,1-3H3,(H,29,32). The molecular formula is C28H33N3O. The normalized spacial score (nSPS) is 15.0. The molecule has 0 aromatic heterocycles. The van der Waals surface area contributed by atoms with Gasteiger partial charge < -0.3 is 15.1 Å². The monoisotopic (exact) mass is 427 g/mol. The molecule has 1 atom stereocenters. The van der Waals surface area contributed by atoms with Crippen LogP contribution in [0.4, 0.5) is 16.2 Å². The lowest BCUT2D eigenvalue weighted by Gasteiger charge is -2.36. The summed E-state index contributed by atoms with van der Waals surface area (Å²) in [6.07, 6.45) is 4.14. The number of urea groups is 1. The minimum absolute atomic E-state index is 0.0485. The number of nitrogens with zero attached hydrogens (tertiary/aromatic N) is 2. The van der Waals surface area contributed by atoms with Gasteiger partial charge in [0.05, 0.1) is 6.04 Å². The number of rotatable bonds is 6. The zero-order valence-corrected chi connectivity index (χ0v) is 19.3. The molecule has 1 unspecified atom stereocenters. The molecule has 1 aliphatic rings. The van der Waals surface area contributed by atoms with E-state index in [9.17, 15) is 4.79 Å². The molecule has 0 saturated carbocycles. The SMILES string of the molecule is CCc1ccc(NC(=O)N(Cc2ccc(N(C)C)cc2)C2CCCc3ccccc32)cc1. The second-order valence-electron chi connectivity index (χ2n) is 8.78. The maximum absolute atomic E-state index is 13.6. The Morgan fingerprint density at radius 2 is 1.62 bits per heavy atom. The minimum atomic E-state index is -0.0485. The molecular weight excluding hydrogens is 394 g/mol. The van der Waals surface area contributed by atoms with Crippen molar-refractivity contribution in [3.8, 4) is 0 Å². The molecule has 32 heavy (non-hydrogen) atoms. The molecule has 166 valence electrons. The first-order valence-electron chi connectivity index (χ1n) is 11.6. The van der Waals surface area contributed by atoms with Crippen LogP contribution in [0.2, 0.25) is 0 Å². The highest BCUT2D eigenvalue weighted by atomic mass is 16.2. The quantitative estimate of drug-likeness (QED) is 0.492. The summed E-state index contributed by atoms with van der Waals surface area (Å²) in [6, 6.07) is 25.2. The number of benzene rings is 3. The van der Waals surface area contributed by atoms with Gasteiger partial charge in [-0.05, 0) is 72.2 Å². The maximum atomic E-state index is 13.6. The first-order chi connectivity index (χ1) is 15.5. The van der Waals surface area contributed by atoms with Crippen molar-refractivity contribution in [3.05, 3.63) is 95.1 Å². The summed E-state index contributed by atoms with van der Waals surface area (Å²) in [5, 5.41) is 3.15. The Kier molecular flexibility index (Phi) is 6.79. The molecule has 4 rings (SSSR count). The van der Waals surface area contributed by atoms with Gasteiger partial charge in [-0.25, -0.2) is 4.79 Å². The predicted molar refractivity (Wildman–Crippen MR) is 133 cm³/mol. The van der Waals surface area contributed by atoms with Crippen LogP contribution in [0.15, 0.2) is 72.8 Å². The molecule has 0 fully saturated rings. The number of nitrogens with one attached hydrogen (secondary N) is 1. The van der Waals surface area contributed by atoms with Gasteiger partial charge >= 0.3 is 6.03 Å². The van der Waals surface area contributed by atoms with Gasteiger partial charge in [0.15, 0.2) is 0 Å². The molecule has 0 saturated heterocycles. The number of aryl methyl sites for hydroxylation is 2. The predicted octanol–water partition coefficient (Wildman–Crippen LogP) is 6.43. The van der Waals surface area contributed by atoms with Crippen LogP contribution in [0.1, 0.15) is 48.1 Å². The Hall–Kier alpha value is -3.27. The van der Waals surface area contributed by atoms with Crippen molar-refractivity contribution in [1.29, 1.82) is 0 Å². The van der Waals surface area contributed by atoms with E-state index >= 15 is 0 Å². The van der Waals surface area contributed by atoms with Crippen molar-refractivity contribution in [3.63, 3.8) is 0 Å². The summed E-state index contributed by atoms with van der Waals surface area (Å²) in [6.45, 7) is 2.71. The number of anilines is 2. The van der Waals surface area contributed by atoms with Crippen molar-refractivity contribution in [2.24, 2.45) is 0 Å². The second-order valence-corrected chi connectivity index (χ2v) is 8.78. The summed E-state index contributed by atoms with van der Waals surface area (Å²) in [4.78, 5) is 17.7. The number of amides is 2. The van der Waals surface area contributed by atoms with E-state index < -0.39 is 0 Å². The third-order valence-electron chi connectivity index (χ3n) is 6.39. The molecule has 0 spiro atoms. The Labute approximate surface area is 191 Å². The van der Waals surface area contributed by atoms with Crippen LogP contribution in [0.25, 0.3) is 0 Å². The van der Waals surface area contributed by atoms with E-state index in [1.54, 1.807) is 0 Å². The highest BCUT2D eigenvalue weighted by molar-refractivity contribution is 5.89. The summed E-state index contributed by atoms with van der Waals surface area (Å²) in [5.74, 6) is 0. The molecule has 0 heterocycles. The molecule has 1 N–H and O–H groups in total. The third-order valence-corrected chi connectivity index (χ3v) is 6.39. The molecule has 4 heteroatoms. The Bertz CT molecular complexity index is 1040. The van der Waals surface area contributed by atoms with Gasteiger partial charge in [-0.1, -0.05) is 55.5 Å². The maximum Gasteiger partial charge on any atom is 0.322 e. The van der Waals surface area contributed by atoms with E-state index in [1.165, 1.54) is 16.7 Å². The lowest BCUT2D eigenvalue weighted by atomic mass is 9.86. The van der Waals surface area contributed by atoms with Crippen LogP contribution in [-0.2, 0) is 19.4 Å². The van der Waals surface area contributed by atoms with Gasteiger partial charge in [-0.2, -0.15) is 0 Å². The Balaban J connectivity index is 1.62. The van der Waals surface area contributed by atoms with Gasteiger partial charge in [-0.3, -0.25) is 0 Å². The molecule has 3 aromatic carbocycles. The lowest BCUT2D eigenvalue weighted by molar-refractivity contribution is 0.175. The van der Waals surface area contributed by atoms with Gasteiger partial charge in [0.1, 0.15) is 0 Å². The largest absolute Gasteiger partial charge is 0.378 e. The van der Waals surface area contributed by atoms with Gasteiger partial charge in [0.25, 0.3) is 0 Å². The average Bonchev–Trinajstić information content (AvgIpc) is 2.83. The summed E-state index contributed by atoms with van der Waals surface area (Å²) < 4.78 is 0. The number of hydrogen-bond acceptors (Lipinski definition) is 2. The molecule has 0 radical (unpaired) electrons. The fraction of sp³-hybridized carbons (Fsp3) is 0.321. The average molecular weight is 428 g/mol. The van der Waals surface area contributed by atoms with Crippen molar-refractivity contribution >= 4 is 17.4 Å². The van der Waals surface area contributed by atoms with E-state index in [0.29, 0.717) is 6.54 Å². The van der Waals surface area contributed by atoms with Gasteiger partial charge in [-0.15, -0.1) is 0 Å². The van der Waals surface area contributed by atoms with E-state index in [-0.39, 0.29) is 12.1 Å². The zero-order chi connectivity index (χ0) is 22.5. The first kappa shape index (κ1) is 21.9. The Morgan fingerprint density at radius 1 is 0.938 bits per heavy atom. The van der Waals surface area contributed by atoms with E-state index in [1.807, 2.05) is 31.1 Å². The smallest absolute Gasteiger partial charge is 0.322 e. The molecule has 1 aliphatic carbocycles. The van der Waals surface area contributed by atoms with Gasteiger partial charge in [0, 0.05) is 32.0 Å².